The molecule has 5 nitrogen and oxygen atoms in total. The molecular weight excluding hydrogens is 620 g/mol. The summed E-state index contributed by atoms with van der Waals surface area (Å²) in [7, 11) is 0. The number of esters is 2. The number of carbonyl (C=O) groups excluding carboxylic acids is 2. The predicted octanol–water partition coefficient (Wildman–Crippen LogP) is 13.9. The van der Waals surface area contributed by atoms with Crippen molar-refractivity contribution >= 4 is 11.9 Å². The summed E-state index contributed by atoms with van der Waals surface area (Å²) >= 11 is 0. The van der Waals surface area contributed by atoms with Gasteiger partial charge in [-0.1, -0.05) is 166 Å². The molecule has 0 aliphatic heterocycles. The van der Waals surface area contributed by atoms with Gasteiger partial charge in [0.05, 0.1) is 6.61 Å². The highest BCUT2D eigenvalue weighted by atomic mass is 16.6. The zero-order valence-electron chi connectivity index (χ0n) is 33.4. The molecule has 0 aromatic carbocycles. The van der Waals surface area contributed by atoms with Gasteiger partial charge in [-0.15, -0.1) is 0 Å². The van der Waals surface area contributed by atoms with E-state index in [9.17, 15) is 9.59 Å². The van der Waals surface area contributed by atoms with E-state index >= 15 is 0 Å². The molecule has 0 aliphatic rings. The fraction of sp³-hybridized carbons (Fsp3) is 0.822. The molecule has 1 unspecified atom stereocenters. The number of carbonyl (C=O) groups is 2. The summed E-state index contributed by atoms with van der Waals surface area (Å²) in [6.07, 6.45) is 47.3. The van der Waals surface area contributed by atoms with E-state index in [4.69, 9.17) is 14.2 Å². The van der Waals surface area contributed by atoms with Crippen LogP contribution >= 0.6 is 0 Å². The van der Waals surface area contributed by atoms with Gasteiger partial charge in [-0.05, 0) is 70.6 Å². The smallest absolute Gasteiger partial charge is 0.306 e. The minimum Gasteiger partial charge on any atom is -0.462 e. The summed E-state index contributed by atoms with van der Waals surface area (Å²) in [6, 6.07) is 0. The van der Waals surface area contributed by atoms with Crippen molar-refractivity contribution in [2.75, 3.05) is 19.8 Å². The maximum atomic E-state index is 12.5. The fourth-order valence-corrected chi connectivity index (χ4v) is 5.89. The summed E-state index contributed by atoms with van der Waals surface area (Å²) in [4.78, 5) is 24.9. The number of unbranched alkanes of at least 4 members (excludes halogenated alkanes) is 22. The fourth-order valence-electron chi connectivity index (χ4n) is 5.89. The van der Waals surface area contributed by atoms with Crippen LogP contribution in [0, 0.1) is 0 Å². The first-order chi connectivity index (χ1) is 24.6. The standard InChI is InChI=1S/C45H82O5/c1-4-7-10-13-15-17-19-21-22-23-25-27-29-31-34-37-40-48-41-43(50-45(47)39-36-32-12-9-6-3)42-49-44(46)38-35-33-30-28-26-24-20-18-16-14-11-8-5-2/h11,14,18,20-22,43H,4-10,12-13,15-17,19,23-42H2,1-3H3/b14-11-,20-18-,22-21-. The first kappa shape index (κ1) is 48.1. The maximum Gasteiger partial charge on any atom is 0.306 e. The lowest BCUT2D eigenvalue weighted by Gasteiger charge is -2.18. The summed E-state index contributed by atoms with van der Waals surface area (Å²) in [5, 5.41) is 0. The molecule has 0 saturated carbocycles. The minimum atomic E-state index is -0.536. The zero-order chi connectivity index (χ0) is 36.4. The number of allylic oxidation sites excluding steroid dienone is 6. The Bertz CT molecular complexity index is 801. The molecule has 0 aromatic rings. The highest BCUT2D eigenvalue weighted by molar-refractivity contribution is 5.70. The second kappa shape index (κ2) is 41.5. The monoisotopic (exact) mass is 703 g/mol. The van der Waals surface area contributed by atoms with Crippen molar-refractivity contribution in [3.8, 4) is 0 Å². The first-order valence-electron chi connectivity index (χ1n) is 21.5. The van der Waals surface area contributed by atoms with Crippen molar-refractivity contribution in [1.29, 1.82) is 0 Å². The second-order valence-electron chi connectivity index (χ2n) is 14.2. The van der Waals surface area contributed by atoms with Crippen LogP contribution in [-0.2, 0) is 23.8 Å². The van der Waals surface area contributed by atoms with Crippen molar-refractivity contribution < 1.29 is 23.8 Å². The Balaban J connectivity index is 4.09. The van der Waals surface area contributed by atoms with E-state index in [2.05, 4.69) is 57.2 Å². The van der Waals surface area contributed by atoms with Gasteiger partial charge in [-0.3, -0.25) is 9.59 Å². The SMILES string of the molecule is CCC/C=C\C/C=C\CCCCCCCC(=O)OCC(COCCCCCCCC/C=C\CCCCCCCC)OC(=O)CCCCCCC. The van der Waals surface area contributed by atoms with E-state index in [0.29, 0.717) is 19.4 Å². The van der Waals surface area contributed by atoms with Crippen LogP contribution < -0.4 is 0 Å². The third kappa shape index (κ3) is 38.9. The Morgan fingerprint density at radius 1 is 0.440 bits per heavy atom. The van der Waals surface area contributed by atoms with Crippen molar-refractivity contribution in [3.63, 3.8) is 0 Å². The average Bonchev–Trinajstić information content (AvgIpc) is 3.11. The molecule has 0 rings (SSSR count). The van der Waals surface area contributed by atoms with Crippen molar-refractivity contribution in [2.45, 2.75) is 219 Å². The molecule has 0 aliphatic carbocycles. The molecule has 0 bridgehead atoms. The third-order valence-electron chi connectivity index (χ3n) is 9.13. The second-order valence-corrected chi connectivity index (χ2v) is 14.2. The first-order valence-corrected chi connectivity index (χ1v) is 21.5. The minimum absolute atomic E-state index is 0.0772. The molecule has 5 heteroatoms. The molecule has 0 fully saturated rings. The molecule has 0 saturated heterocycles. The molecule has 0 heterocycles. The molecule has 0 N–H and O–H groups in total. The van der Waals surface area contributed by atoms with Crippen LogP contribution in [0.5, 0.6) is 0 Å². The van der Waals surface area contributed by atoms with Crippen LogP contribution in [0.25, 0.3) is 0 Å². The van der Waals surface area contributed by atoms with Gasteiger partial charge in [0.15, 0.2) is 6.10 Å². The van der Waals surface area contributed by atoms with E-state index in [-0.39, 0.29) is 25.2 Å². The lowest BCUT2D eigenvalue weighted by atomic mass is 10.1. The number of hydrogen-bond acceptors (Lipinski definition) is 5. The van der Waals surface area contributed by atoms with E-state index in [0.717, 1.165) is 64.2 Å². The molecule has 1 atom stereocenters. The molecule has 0 amide bonds. The highest BCUT2D eigenvalue weighted by Gasteiger charge is 2.17. The summed E-state index contributed by atoms with van der Waals surface area (Å²) in [5.41, 5.74) is 0. The normalized spacial score (nSPS) is 12.5. The van der Waals surface area contributed by atoms with Crippen LogP contribution in [0.15, 0.2) is 36.5 Å². The Morgan fingerprint density at radius 3 is 1.42 bits per heavy atom. The zero-order valence-corrected chi connectivity index (χ0v) is 33.4. The van der Waals surface area contributed by atoms with Gasteiger partial charge in [-0.25, -0.2) is 0 Å². The molecule has 0 radical (unpaired) electrons. The van der Waals surface area contributed by atoms with Crippen LogP contribution in [0.3, 0.4) is 0 Å². The largest absolute Gasteiger partial charge is 0.462 e. The Kier molecular flexibility index (Phi) is 40.0. The van der Waals surface area contributed by atoms with Crippen LogP contribution in [0.2, 0.25) is 0 Å². The van der Waals surface area contributed by atoms with Crippen molar-refractivity contribution in [1.82, 2.24) is 0 Å². The Morgan fingerprint density at radius 2 is 0.880 bits per heavy atom. The van der Waals surface area contributed by atoms with E-state index in [1.54, 1.807) is 0 Å². The van der Waals surface area contributed by atoms with Crippen molar-refractivity contribution in [2.24, 2.45) is 0 Å². The lowest BCUT2D eigenvalue weighted by molar-refractivity contribution is -0.163. The lowest BCUT2D eigenvalue weighted by Crippen LogP contribution is -2.30. The summed E-state index contributed by atoms with van der Waals surface area (Å²) < 4.78 is 17.2. The van der Waals surface area contributed by atoms with Crippen LogP contribution in [0.4, 0.5) is 0 Å². The average molecular weight is 703 g/mol. The van der Waals surface area contributed by atoms with E-state index in [1.807, 2.05) is 0 Å². The summed E-state index contributed by atoms with van der Waals surface area (Å²) in [6.45, 7) is 7.66. The van der Waals surface area contributed by atoms with Crippen LogP contribution in [0.1, 0.15) is 213 Å². The molecule has 50 heavy (non-hydrogen) atoms. The van der Waals surface area contributed by atoms with Gasteiger partial charge in [-0.2, -0.15) is 0 Å². The van der Waals surface area contributed by atoms with Gasteiger partial charge < -0.3 is 14.2 Å². The maximum absolute atomic E-state index is 12.5. The third-order valence-corrected chi connectivity index (χ3v) is 9.13. The molecular formula is C45H82O5. The Labute approximate surface area is 310 Å². The number of hydrogen-bond donors (Lipinski definition) is 0. The van der Waals surface area contributed by atoms with Gasteiger partial charge >= 0.3 is 11.9 Å². The number of rotatable bonds is 39. The Hall–Kier alpha value is -1.88. The van der Waals surface area contributed by atoms with Crippen LogP contribution in [-0.4, -0.2) is 37.9 Å². The molecule has 0 spiro atoms. The summed E-state index contributed by atoms with van der Waals surface area (Å²) in [5.74, 6) is -0.427. The van der Waals surface area contributed by atoms with E-state index in [1.165, 1.54) is 116 Å². The van der Waals surface area contributed by atoms with E-state index < -0.39 is 6.10 Å². The van der Waals surface area contributed by atoms with Crippen molar-refractivity contribution in [3.05, 3.63) is 36.5 Å². The van der Waals surface area contributed by atoms with Gasteiger partial charge in [0.1, 0.15) is 6.61 Å². The highest BCUT2D eigenvalue weighted by Crippen LogP contribution is 2.12. The topological polar surface area (TPSA) is 61.8 Å². The van der Waals surface area contributed by atoms with Gasteiger partial charge in [0, 0.05) is 19.4 Å². The van der Waals surface area contributed by atoms with Gasteiger partial charge in [0.25, 0.3) is 0 Å². The number of ether oxygens (including phenoxy) is 3. The molecule has 292 valence electrons. The molecule has 0 aromatic heterocycles. The quantitative estimate of drug-likeness (QED) is 0.0362. The van der Waals surface area contributed by atoms with Gasteiger partial charge in [0.2, 0.25) is 0 Å². The predicted molar refractivity (Wildman–Crippen MR) is 215 cm³/mol.